The monoisotopic (exact) mass is 642 g/mol. The quantitative estimate of drug-likeness (QED) is 0.139. The number of carbonyl (C=O) groups is 2. The molecule has 0 spiro atoms. The Bertz CT molecular complexity index is 1680. The first-order chi connectivity index (χ1) is 22.4. The molecule has 11 heteroatoms. The van der Waals surface area contributed by atoms with Gasteiger partial charge in [0.2, 0.25) is 5.91 Å². The second-order valence-electron chi connectivity index (χ2n) is 11.1. The fourth-order valence-corrected chi connectivity index (χ4v) is 5.74. The molecular weight excluding hydrogens is 604 g/mol. The number of pyridine rings is 2. The molecule has 5 rings (SSSR count). The molecular formula is C35H39ClN6O4. The number of rotatable bonds is 14. The van der Waals surface area contributed by atoms with Gasteiger partial charge in [0.05, 0.1) is 24.4 Å². The lowest BCUT2D eigenvalue weighted by Gasteiger charge is -2.16. The molecule has 4 aromatic rings. The minimum atomic E-state index is -0.296. The van der Waals surface area contributed by atoms with Crippen molar-refractivity contribution < 1.29 is 19.1 Å². The molecule has 0 aliphatic carbocycles. The van der Waals surface area contributed by atoms with E-state index in [9.17, 15) is 9.59 Å². The van der Waals surface area contributed by atoms with E-state index in [2.05, 4.69) is 31.2 Å². The first-order valence-corrected chi connectivity index (χ1v) is 15.6. The van der Waals surface area contributed by atoms with Crippen molar-refractivity contribution in [2.75, 3.05) is 39.2 Å². The van der Waals surface area contributed by atoms with E-state index in [0.717, 1.165) is 46.3 Å². The SMILES string of the molecule is COCCNCc1ccc(C(=O)Nc2cccc(-c3ccnc(-c4ccc(CNCC5CCC(=O)N5)c(OC)c4)c3Cl)c2C)nc1. The van der Waals surface area contributed by atoms with E-state index in [4.69, 9.17) is 21.1 Å². The van der Waals surface area contributed by atoms with Crippen molar-refractivity contribution in [3.8, 4) is 28.1 Å². The maximum atomic E-state index is 13.1. The molecule has 0 bridgehead atoms. The minimum absolute atomic E-state index is 0.105. The average molecular weight is 643 g/mol. The Hall–Kier alpha value is -4.35. The van der Waals surface area contributed by atoms with Crippen LogP contribution in [0.2, 0.25) is 5.02 Å². The van der Waals surface area contributed by atoms with Crippen molar-refractivity contribution in [3.05, 3.63) is 94.4 Å². The van der Waals surface area contributed by atoms with Crippen LogP contribution in [0.25, 0.3) is 22.4 Å². The number of hydrogen-bond donors (Lipinski definition) is 4. The largest absolute Gasteiger partial charge is 0.496 e. The van der Waals surface area contributed by atoms with E-state index >= 15 is 0 Å². The van der Waals surface area contributed by atoms with Gasteiger partial charge in [-0.1, -0.05) is 41.9 Å². The maximum Gasteiger partial charge on any atom is 0.274 e. The third kappa shape index (κ3) is 8.07. The number of hydrogen-bond acceptors (Lipinski definition) is 8. The van der Waals surface area contributed by atoms with Gasteiger partial charge in [-0.25, -0.2) is 0 Å². The van der Waals surface area contributed by atoms with Gasteiger partial charge in [0.25, 0.3) is 5.91 Å². The summed E-state index contributed by atoms with van der Waals surface area (Å²) >= 11 is 7.02. The number of amides is 2. The summed E-state index contributed by atoms with van der Waals surface area (Å²) in [6.07, 6.45) is 4.85. The van der Waals surface area contributed by atoms with Crippen molar-refractivity contribution in [2.45, 2.75) is 38.9 Å². The number of nitrogens with one attached hydrogen (secondary N) is 4. The van der Waals surface area contributed by atoms with E-state index in [-0.39, 0.29) is 17.9 Å². The summed E-state index contributed by atoms with van der Waals surface area (Å²) in [7, 11) is 3.30. The van der Waals surface area contributed by atoms with Gasteiger partial charge in [0.15, 0.2) is 0 Å². The van der Waals surface area contributed by atoms with Crippen LogP contribution in [0.3, 0.4) is 0 Å². The molecule has 1 aliphatic rings. The molecule has 1 fully saturated rings. The van der Waals surface area contributed by atoms with Crippen LogP contribution in [-0.2, 0) is 22.6 Å². The van der Waals surface area contributed by atoms with Crippen LogP contribution >= 0.6 is 11.6 Å². The predicted octanol–water partition coefficient (Wildman–Crippen LogP) is 5.14. The number of carbonyl (C=O) groups excluding carboxylic acids is 2. The Balaban J connectivity index is 1.30. The Morgan fingerprint density at radius 2 is 1.91 bits per heavy atom. The lowest BCUT2D eigenvalue weighted by Crippen LogP contribution is -2.35. The highest BCUT2D eigenvalue weighted by molar-refractivity contribution is 6.35. The summed E-state index contributed by atoms with van der Waals surface area (Å²) < 4.78 is 10.8. The molecule has 10 nitrogen and oxygen atoms in total. The van der Waals surface area contributed by atoms with Gasteiger partial charge in [-0.15, -0.1) is 0 Å². The van der Waals surface area contributed by atoms with Crippen LogP contribution < -0.4 is 26.0 Å². The normalized spacial score (nSPS) is 14.3. The van der Waals surface area contributed by atoms with E-state index in [0.29, 0.717) is 60.5 Å². The topological polar surface area (TPSA) is 126 Å². The highest BCUT2D eigenvalue weighted by Crippen LogP contribution is 2.39. The highest BCUT2D eigenvalue weighted by Gasteiger charge is 2.21. The van der Waals surface area contributed by atoms with Gasteiger partial charge in [0, 0.05) is 80.5 Å². The molecule has 240 valence electrons. The zero-order valence-corrected chi connectivity index (χ0v) is 27.0. The van der Waals surface area contributed by atoms with Crippen LogP contribution in [0.5, 0.6) is 5.75 Å². The van der Waals surface area contributed by atoms with Crippen LogP contribution in [0.4, 0.5) is 5.69 Å². The van der Waals surface area contributed by atoms with E-state index in [1.165, 1.54) is 0 Å². The lowest BCUT2D eigenvalue weighted by atomic mass is 9.97. The molecule has 1 atom stereocenters. The van der Waals surface area contributed by atoms with E-state index in [1.807, 2.05) is 55.5 Å². The molecule has 2 aromatic heterocycles. The molecule has 1 unspecified atom stereocenters. The first-order valence-electron chi connectivity index (χ1n) is 15.3. The van der Waals surface area contributed by atoms with E-state index < -0.39 is 0 Å². The summed E-state index contributed by atoms with van der Waals surface area (Å²) in [5.41, 5.74) is 6.95. The average Bonchev–Trinajstić information content (AvgIpc) is 3.49. The molecule has 1 aliphatic heterocycles. The van der Waals surface area contributed by atoms with Crippen molar-refractivity contribution in [1.29, 1.82) is 0 Å². The van der Waals surface area contributed by atoms with Crippen molar-refractivity contribution in [2.24, 2.45) is 0 Å². The Kier molecular flexibility index (Phi) is 11.3. The van der Waals surface area contributed by atoms with Crippen LogP contribution in [0, 0.1) is 6.92 Å². The predicted molar refractivity (Wildman–Crippen MR) is 180 cm³/mol. The summed E-state index contributed by atoms with van der Waals surface area (Å²) in [4.78, 5) is 33.5. The number of anilines is 1. The van der Waals surface area contributed by atoms with Gasteiger partial charge in [-0.05, 0) is 54.3 Å². The molecule has 2 aromatic carbocycles. The summed E-state index contributed by atoms with van der Waals surface area (Å²) in [5, 5.41) is 13.2. The molecule has 3 heterocycles. The van der Waals surface area contributed by atoms with Gasteiger partial charge in [0.1, 0.15) is 11.4 Å². The van der Waals surface area contributed by atoms with Crippen molar-refractivity contribution in [3.63, 3.8) is 0 Å². The summed E-state index contributed by atoms with van der Waals surface area (Å²) in [5.74, 6) is 0.525. The summed E-state index contributed by atoms with van der Waals surface area (Å²) in [6, 6.07) is 17.3. The number of ether oxygens (including phenoxy) is 2. The Labute approximate surface area is 274 Å². The molecule has 2 amide bonds. The fraction of sp³-hybridized carbons (Fsp3) is 0.314. The molecule has 0 saturated carbocycles. The second-order valence-corrected chi connectivity index (χ2v) is 11.5. The lowest BCUT2D eigenvalue weighted by molar-refractivity contribution is -0.119. The van der Waals surface area contributed by atoms with Gasteiger partial charge < -0.3 is 30.7 Å². The fourth-order valence-electron chi connectivity index (χ4n) is 5.42. The molecule has 4 N–H and O–H groups in total. The number of halogens is 1. The van der Waals surface area contributed by atoms with Crippen LogP contribution in [-0.4, -0.2) is 61.7 Å². The number of methoxy groups -OCH3 is 2. The van der Waals surface area contributed by atoms with Gasteiger partial charge >= 0.3 is 0 Å². The minimum Gasteiger partial charge on any atom is -0.496 e. The van der Waals surface area contributed by atoms with Crippen molar-refractivity contribution >= 4 is 29.1 Å². The number of aromatic nitrogens is 2. The standard InChI is InChI=1S/C35H39ClN6O4/c1-22-27(5-4-6-29(22)42-35(44)30-11-7-23(19-40-30)18-37-15-16-45-2)28-13-14-39-34(33(28)36)24-8-9-25(31(17-24)46-3)20-38-21-26-10-12-32(43)41-26/h4-9,11,13-14,17,19,26,37-38H,10,12,15-16,18,20-21H2,1-3H3,(H,41,43)(H,42,44). The van der Waals surface area contributed by atoms with Gasteiger partial charge in [-0.3, -0.25) is 19.6 Å². The van der Waals surface area contributed by atoms with Crippen LogP contribution in [0.15, 0.2) is 67.0 Å². The zero-order valence-electron chi connectivity index (χ0n) is 26.3. The van der Waals surface area contributed by atoms with Crippen LogP contribution in [0.1, 0.15) is 40.0 Å². The molecule has 46 heavy (non-hydrogen) atoms. The molecule has 0 radical (unpaired) electrons. The number of nitrogens with zero attached hydrogens (tertiary/aromatic N) is 2. The Morgan fingerprint density at radius 3 is 2.65 bits per heavy atom. The third-order valence-corrected chi connectivity index (χ3v) is 8.37. The van der Waals surface area contributed by atoms with E-state index in [1.54, 1.807) is 32.7 Å². The second kappa shape index (κ2) is 15.8. The van der Waals surface area contributed by atoms with Crippen molar-refractivity contribution in [1.82, 2.24) is 25.9 Å². The third-order valence-electron chi connectivity index (χ3n) is 7.98. The zero-order chi connectivity index (χ0) is 32.5. The smallest absolute Gasteiger partial charge is 0.274 e. The summed E-state index contributed by atoms with van der Waals surface area (Å²) in [6.45, 7) is 5.25. The Morgan fingerprint density at radius 1 is 1.04 bits per heavy atom. The van der Waals surface area contributed by atoms with Gasteiger partial charge in [-0.2, -0.15) is 0 Å². The molecule has 1 saturated heterocycles. The highest BCUT2D eigenvalue weighted by atomic mass is 35.5. The first kappa shape index (κ1) is 33.0. The number of benzene rings is 2. The maximum absolute atomic E-state index is 13.1.